The van der Waals surface area contributed by atoms with Crippen molar-refractivity contribution >= 4 is 28.6 Å². The van der Waals surface area contributed by atoms with Crippen LogP contribution in [-0.2, 0) is 0 Å². The van der Waals surface area contributed by atoms with E-state index >= 15 is 0 Å². The molecule has 0 spiro atoms. The van der Waals surface area contributed by atoms with E-state index in [2.05, 4.69) is 10.3 Å². The first-order valence-electron chi connectivity index (χ1n) is 8.06. The number of nitrogens with zero attached hydrogens (tertiary/aromatic N) is 1. The zero-order chi connectivity index (χ0) is 18.7. The molecule has 0 unspecified atom stereocenters. The highest BCUT2D eigenvalue weighted by molar-refractivity contribution is 7.17. The van der Waals surface area contributed by atoms with Crippen LogP contribution in [0.25, 0.3) is 10.6 Å². The van der Waals surface area contributed by atoms with E-state index in [9.17, 15) is 4.79 Å². The average molecular weight is 389 g/mol. The number of carbonyl (C=O) groups excluding carboxylic acids is 1. The standard InChI is InChI=1S/C19H20N2O3S2/c1-11(15-9-14(23-3)5-6-16(15)24-4)20-18(22)17-12(2)21-19(26-17)13-7-8-25-10-13/h5-11H,1-4H3,(H,20,22)/t11-/m1/s1. The number of nitrogens with one attached hydrogen (secondary N) is 1. The summed E-state index contributed by atoms with van der Waals surface area (Å²) in [6.07, 6.45) is 0. The molecule has 2 aromatic heterocycles. The van der Waals surface area contributed by atoms with E-state index in [1.54, 1.807) is 25.6 Å². The lowest BCUT2D eigenvalue weighted by molar-refractivity contribution is 0.0942. The van der Waals surface area contributed by atoms with Crippen LogP contribution in [0.3, 0.4) is 0 Å². The van der Waals surface area contributed by atoms with Gasteiger partial charge in [0.1, 0.15) is 21.4 Å². The van der Waals surface area contributed by atoms with E-state index < -0.39 is 0 Å². The highest BCUT2D eigenvalue weighted by Gasteiger charge is 2.20. The van der Waals surface area contributed by atoms with Gasteiger partial charge in [0.25, 0.3) is 5.91 Å². The maximum Gasteiger partial charge on any atom is 0.263 e. The average Bonchev–Trinajstić information content (AvgIpc) is 3.30. The Hall–Kier alpha value is -2.38. The van der Waals surface area contributed by atoms with Gasteiger partial charge in [-0.2, -0.15) is 11.3 Å². The molecule has 0 bridgehead atoms. The number of carbonyl (C=O) groups is 1. The van der Waals surface area contributed by atoms with Crippen molar-refractivity contribution in [2.75, 3.05) is 14.2 Å². The Balaban J connectivity index is 1.82. The first kappa shape index (κ1) is 18.4. The molecule has 3 aromatic rings. The summed E-state index contributed by atoms with van der Waals surface area (Å²) in [5.41, 5.74) is 2.64. The number of aryl methyl sites for hydroxylation is 1. The van der Waals surface area contributed by atoms with Crippen molar-refractivity contribution < 1.29 is 14.3 Å². The van der Waals surface area contributed by atoms with Crippen molar-refractivity contribution in [2.24, 2.45) is 0 Å². The molecule has 0 aliphatic rings. The van der Waals surface area contributed by atoms with Crippen LogP contribution in [0.5, 0.6) is 11.5 Å². The number of amides is 1. The van der Waals surface area contributed by atoms with Gasteiger partial charge in [0.2, 0.25) is 0 Å². The highest BCUT2D eigenvalue weighted by Crippen LogP contribution is 2.32. The fourth-order valence-electron chi connectivity index (χ4n) is 2.63. The Morgan fingerprint density at radius 1 is 1.23 bits per heavy atom. The van der Waals surface area contributed by atoms with Gasteiger partial charge in [-0.3, -0.25) is 4.79 Å². The number of rotatable bonds is 6. The number of thiophene rings is 1. The van der Waals surface area contributed by atoms with Crippen LogP contribution in [-0.4, -0.2) is 25.1 Å². The molecule has 3 rings (SSSR count). The monoisotopic (exact) mass is 388 g/mol. The normalized spacial score (nSPS) is 11.8. The largest absolute Gasteiger partial charge is 0.497 e. The van der Waals surface area contributed by atoms with Gasteiger partial charge in [0.15, 0.2) is 0 Å². The molecule has 5 nitrogen and oxygen atoms in total. The summed E-state index contributed by atoms with van der Waals surface area (Å²) in [6.45, 7) is 3.78. The predicted molar refractivity (Wildman–Crippen MR) is 106 cm³/mol. The molecule has 2 heterocycles. The Morgan fingerprint density at radius 2 is 2.04 bits per heavy atom. The number of thiazole rings is 1. The van der Waals surface area contributed by atoms with E-state index in [1.165, 1.54) is 11.3 Å². The molecule has 0 fully saturated rings. The fraction of sp³-hybridized carbons (Fsp3) is 0.263. The van der Waals surface area contributed by atoms with E-state index in [0.717, 1.165) is 27.6 Å². The molecule has 1 atom stereocenters. The van der Waals surface area contributed by atoms with Gasteiger partial charge in [-0.25, -0.2) is 4.98 Å². The molecule has 136 valence electrons. The molecule has 0 saturated carbocycles. The van der Waals surface area contributed by atoms with Gasteiger partial charge >= 0.3 is 0 Å². The number of hydrogen-bond donors (Lipinski definition) is 1. The lowest BCUT2D eigenvalue weighted by Gasteiger charge is -2.18. The Morgan fingerprint density at radius 3 is 2.69 bits per heavy atom. The van der Waals surface area contributed by atoms with Crippen LogP contribution in [0.2, 0.25) is 0 Å². The summed E-state index contributed by atoms with van der Waals surface area (Å²) in [5, 5.41) is 7.93. The van der Waals surface area contributed by atoms with E-state index in [4.69, 9.17) is 9.47 Å². The summed E-state index contributed by atoms with van der Waals surface area (Å²) in [7, 11) is 3.22. The first-order valence-corrected chi connectivity index (χ1v) is 9.82. The van der Waals surface area contributed by atoms with Crippen LogP contribution in [0.15, 0.2) is 35.0 Å². The van der Waals surface area contributed by atoms with Crippen LogP contribution in [0.1, 0.15) is 33.9 Å². The minimum atomic E-state index is -0.237. The molecule has 1 amide bonds. The van der Waals surface area contributed by atoms with Crippen molar-refractivity contribution in [2.45, 2.75) is 19.9 Å². The molecule has 0 radical (unpaired) electrons. The van der Waals surface area contributed by atoms with Crippen molar-refractivity contribution in [3.05, 3.63) is 51.2 Å². The van der Waals surface area contributed by atoms with Gasteiger partial charge in [0.05, 0.1) is 26.0 Å². The quantitative estimate of drug-likeness (QED) is 0.666. The maximum absolute atomic E-state index is 12.8. The molecule has 7 heteroatoms. The second-order valence-electron chi connectivity index (χ2n) is 5.75. The molecule has 1 aromatic carbocycles. The van der Waals surface area contributed by atoms with Crippen molar-refractivity contribution in [1.29, 1.82) is 0 Å². The van der Waals surface area contributed by atoms with Crippen LogP contribution in [0, 0.1) is 6.92 Å². The minimum absolute atomic E-state index is 0.140. The number of methoxy groups -OCH3 is 2. The Kier molecular flexibility index (Phi) is 5.58. The topological polar surface area (TPSA) is 60.5 Å². The number of hydrogen-bond acceptors (Lipinski definition) is 6. The van der Waals surface area contributed by atoms with Gasteiger partial charge in [-0.1, -0.05) is 0 Å². The number of ether oxygens (including phenoxy) is 2. The summed E-state index contributed by atoms with van der Waals surface area (Å²) in [5.74, 6) is 1.29. The second-order valence-corrected chi connectivity index (χ2v) is 7.53. The first-order chi connectivity index (χ1) is 12.5. The smallest absolute Gasteiger partial charge is 0.263 e. The lowest BCUT2D eigenvalue weighted by atomic mass is 10.1. The van der Waals surface area contributed by atoms with Gasteiger partial charge in [-0.15, -0.1) is 11.3 Å². The van der Waals surface area contributed by atoms with Gasteiger partial charge < -0.3 is 14.8 Å². The fourth-order valence-corrected chi connectivity index (χ4v) is 4.32. The predicted octanol–water partition coefficient (Wildman–Crippen LogP) is 4.69. The number of aromatic nitrogens is 1. The van der Waals surface area contributed by atoms with Crippen molar-refractivity contribution in [3.63, 3.8) is 0 Å². The zero-order valence-electron chi connectivity index (χ0n) is 15.0. The maximum atomic E-state index is 12.8. The third-order valence-corrected chi connectivity index (χ3v) is 5.91. The van der Waals surface area contributed by atoms with Gasteiger partial charge in [0, 0.05) is 16.5 Å². The molecular weight excluding hydrogens is 368 g/mol. The molecular formula is C19H20N2O3S2. The van der Waals surface area contributed by atoms with Crippen LogP contribution in [0.4, 0.5) is 0 Å². The van der Waals surface area contributed by atoms with Crippen LogP contribution < -0.4 is 14.8 Å². The summed E-state index contributed by atoms with van der Waals surface area (Å²) < 4.78 is 10.7. The Bertz CT molecular complexity index is 904. The number of benzene rings is 1. The second kappa shape index (κ2) is 7.88. The molecule has 0 saturated heterocycles. The summed E-state index contributed by atoms with van der Waals surface area (Å²) >= 11 is 3.02. The van der Waals surface area contributed by atoms with E-state index in [1.807, 2.05) is 48.9 Å². The highest BCUT2D eigenvalue weighted by atomic mass is 32.1. The van der Waals surface area contributed by atoms with Gasteiger partial charge in [-0.05, 0) is 43.5 Å². The summed E-state index contributed by atoms with van der Waals surface area (Å²) in [4.78, 5) is 17.9. The third-order valence-electron chi connectivity index (χ3n) is 4.02. The molecule has 0 aliphatic carbocycles. The van der Waals surface area contributed by atoms with Crippen LogP contribution >= 0.6 is 22.7 Å². The van der Waals surface area contributed by atoms with E-state index in [-0.39, 0.29) is 11.9 Å². The minimum Gasteiger partial charge on any atom is -0.497 e. The SMILES string of the molecule is COc1ccc(OC)c([C@@H](C)NC(=O)c2sc(-c3ccsc3)nc2C)c1. The Labute approximate surface area is 160 Å². The molecule has 1 N–H and O–H groups in total. The lowest BCUT2D eigenvalue weighted by Crippen LogP contribution is -2.26. The molecule has 26 heavy (non-hydrogen) atoms. The van der Waals surface area contributed by atoms with Crippen molar-refractivity contribution in [1.82, 2.24) is 10.3 Å². The zero-order valence-corrected chi connectivity index (χ0v) is 16.7. The van der Waals surface area contributed by atoms with E-state index in [0.29, 0.717) is 10.6 Å². The summed E-state index contributed by atoms with van der Waals surface area (Å²) in [6, 6.07) is 7.31. The molecule has 0 aliphatic heterocycles. The third kappa shape index (κ3) is 3.73. The van der Waals surface area contributed by atoms with Crippen molar-refractivity contribution in [3.8, 4) is 22.1 Å².